The molecule has 0 spiro atoms. The Morgan fingerprint density at radius 3 is 2.53 bits per heavy atom. The second-order valence-corrected chi connectivity index (χ2v) is 10.8. The fraction of sp³-hybridized carbons (Fsp3) is 0.478. The molecule has 2 aromatic rings. The predicted octanol–water partition coefficient (Wildman–Crippen LogP) is 3.57. The number of sulfonamides is 1. The van der Waals surface area contributed by atoms with E-state index in [0.717, 1.165) is 30.6 Å². The Bertz CT molecular complexity index is 1100. The summed E-state index contributed by atoms with van der Waals surface area (Å²) in [6.45, 7) is 6.59. The second kappa shape index (κ2) is 9.37. The van der Waals surface area contributed by atoms with Gasteiger partial charge in [-0.2, -0.15) is 4.31 Å². The molecule has 3 heterocycles. The van der Waals surface area contributed by atoms with Crippen LogP contribution < -0.4 is 4.90 Å². The van der Waals surface area contributed by atoms with Crippen LogP contribution in [0.1, 0.15) is 42.1 Å². The predicted molar refractivity (Wildman–Crippen MR) is 126 cm³/mol. The molecule has 0 radical (unpaired) electrons. The maximum absolute atomic E-state index is 13.3. The first-order chi connectivity index (χ1) is 15.3. The van der Waals surface area contributed by atoms with Crippen molar-refractivity contribution < 1.29 is 13.2 Å². The van der Waals surface area contributed by atoms with Crippen LogP contribution in [0.5, 0.6) is 0 Å². The number of aromatic nitrogens is 1. The summed E-state index contributed by atoms with van der Waals surface area (Å²) in [5.74, 6) is 0.583. The Balaban J connectivity index is 1.52. The van der Waals surface area contributed by atoms with Gasteiger partial charge in [-0.3, -0.25) is 4.79 Å². The molecule has 2 aliphatic heterocycles. The molecule has 1 unspecified atom stereocenters. The third-order valence-corrected chi connectivity index (χ3v) is 8.70. The summed E-state index contributed by atoms with van der Waals surface area (Å²) < 4.78 is 28.1. The van der Waals surface area contributed by atoms with Crippen LogP contribution in [-0.2, 0) is 10.0 Å². The van der Waals surface area contributed by atoms with E-state index in [2.05, 4.69) is 9.88 Å². The summed E-state index contributed by atoms with van der Waals surface area (Å²) in [6.07, 6.45) is 4.48. The summed E-state index contributed by atoms with van der Waals surface area (Å²) in [5.41, 5.74) is 1.22. The molecule has 7 nitrogen and oxygen atoms in total. The Hall–Kier alpha value is -2.16. The van der Waals surface area contributed by atoms with Crippen molar-refractivity contribution >= 4 is 33.3 Å². The minimum atomic E-state index is -3.63. The van der Waals surface area contributed by atoms with Crippen molar-refractivity contribution in [2.45, 2.75) is 44.0 Å². The smallest absolute Gasteiger partial charge is 0.254 e. The average Bonchev–Trinajstić information content (AvgIpc) is 2.79. The molecule has 0 saturated carbocycles. The molecule has 1 atom stereocenters. The van der Waals surface area contributed by atoms with Gasteiger partial charge in [0, 0.05) is 50.5 Å². The number of piperidine rings is 1. The third kappa shape index (κ3) is 4.49. The van der Waals surface area contributed by atoms with Crippen molar-refractivity contribution in [1.29, 1.82) is 0 Å². The Morgan fingerprint density at radius 1 is 1.09 bits per heavy atom. The van der Waals surface area contributed by atoms with Gasteiger partial charge in [0.2, 0.25) is 10.0 Å². The maximum Gasteiger partial charge on any atom is 0.254 e. The van der Waals surface area contributed by atoms with Crippen molar-refractivity contribution in [2.75, 3.05) is 37.6 Å². The first kappa shape index (κ1) is 23.0. The summed E-state index contributed by atoms with van der Waals surface area (Å²) in [5, 5.41) is 0.591. The summed E-state index contributed by atoms with van der Waals surface area (Å²) in [7, 11) is -3.63. The topological polar surface area (TPSA) is 73.8 Å². The number of piperazine rings is 1. The van der Waals surface area contributed by atoms with Gasteiger partial charge in [-0.15, -0.1) is 0 Å². The quantitative estimate of drug-likeness (QED) is 0.674. The Morgan fingerprint density at radius 2 is 1.84 bits per heavy atom. The number of anilines is 1. The molecule has 0 bridgehead atoms. The van der Waals surface area contributed by atoms with Gasteiger partial charge >= 0.3 is 0 Å². The van der Waals surface area contributed by atoms with E-state index in [0.29, 0.717) is 43.3 Å². The van der Waals surface area contributed by atoms with Crippen molar-refractivity contribution in [1.82, 2.24) is 14.2 Å². The number of nitrogens with zero attached hydrogens (tertiary/aromatic N) is 4. The molecule has 1 aromatic carbocycles. The number of carbonyl (C=O) groups is 1. The molecule has 0 aliphatic carbocycles. The summed E-state index contributed by atoms with van der Waals surface area (Å²) >= 11 is 6.26. The molecular formula is C23H29ClN4O3S. The largest absolute Gasteiger partial charge is 0.352 e. The van der Waals surface area contributed by atoms with Crippen LogP contribution in [-0.4, -0.2) is 67.3 Å². The number of pyridine rings is 1. The molecule has 2 saturated heterocycles. The first-order valence-corrected chi connectivity index (χ1v) is 12.9. The van der Waals surface area contributed by atoms with E-state index >= 15 is 0 Å². The minimum Gasteiger partial charge on any atom is -0.352 e. The van der Waals surface area contributed by atoms with Crippen LogP contribution in [0.4, 0.5) is 5.82 Å². The number of halogens is 1. The molecule has 1 aromatic heterocycles. The number of hydrogen-bond acceptors (Lipinski definition) is 5. The molecule has 2 fully saturated rings. The number of carbonyl (C=O) groups excluding carboxylic acids is 1. The second-order valence-electron chi connectivity index (χ2n) is 8.53. The van der Waals surface area contributed by atoms with Gasteiger partial charge in [0.25, 0.3) is 5.91 Å². The van der Waals surface area contributed by atoms with Crippen LogP contribution in [0.15, 0.2) is 41.4 Å². The summed E-state index contributed by atoms with van der Waals surface area (Å²) in [4.78, 5) is 21.7. The number of rotatable bonds is 4. The number of hydrogen-bond donors (Lipinski definition) is 0. The third-order valence-electron chi connectivity index (χ3n) is 6.39. The lowest BCUT2D eigenvalue weighted by Gasteiger charge is -2.36. The van der Waals surface area contributed by atoms with E-state index in [4.69, 9.17) is 11.6 Å². The maximum atomic E-state index is 13.3. The highest BCUT2D eigenvalue weighted by atomic mass is 35.5. The van der Waals surface area contributed by atoms with Crippen LogP contribution in [0.25, 0.3) is 0 Å². The standard InChI is InChI=1S/C23H29ClN4O3S/c1-17-8-9-19(32(30,31)28-11-4-3-6-18(28)2)16-20(17)23(29)27-14-12-26(13-15-27)22-21(24)7-5-10-25-22/h5,7-10,16,18H,3-4,6,11-15H2,1-2H3. The van der Waals surface area contributed by atoms with Gasteiger partial charge < -0.3 is 9.80 Å². The lowest BCUT2D eigenvalue weighted by atomic mass is 10.1. The van der Waals surface area contributed by atoms with Gasteiger partial charge in [-0.05, 0) is 56.5 Å². The van der Waals surface area contributed by atoms with E-state index in [1.807, 2.05) is 13.8 Å². The van der Waals surface area contributed by atoms with Gasteiger partial charge in [-0.25, -0.2) is 13.4 Å². The van der Waals surface area contributed by atoms with Gasteiger partial charge in [0.15, 0.2) is 0 Å². The Labute approximate surface area is 195 Å². The van der Waals surface area contributed by atoms with Crippen LogP contribution in [0.2, 0.25) is 5.02 Å². The zero-order valence-corrected chi connectivity index (χ0v) is 20.1. The normalized spacial score (nSPS) is 20.4. The lowest BCUT2D eigenvalue weighted by Crippen LogP contribution is -2.49. The van der Waals surface area contributed by atoms with E-state index < -0.39 is 10.0 Å². The SMILES string of the molecule is Cc1ccc(S(=O)(=O)N2CCCCC2C)cc1C(=O)N1CCN(c2ncccc2Cl)CC1. The van der Waals surface area contributed by atoms with Crippen molar-refractivity contribution in [2.24, 2.45) is 0 Å². The minimum absolute atomic E-state index is 0.0271. The van der Waals surface area contributed by atoms with Gasteiger partial charge in [0.05, 0.1) is 9.92 Å². The van der Waals surface area contributed by atoms with Gasteiger partial charge in [0.1, 0.15) is 5.82 Å². The lowest BCUT2D eigenvalue weighted by molar-refractivity contribution is 0.0745. The van der Waals surface area contributed by atoms with Crippen molar-refractivity contribution in [3.05, 3.63) is 52.7 Å². The average molecular weight is 477 g/mol. The van der Waals surface area contributed by atoms with Crippen LogP contribution >= 0.6 is 11.6 Å². The Kier molecular flexibility index (Phi) is 6.74. The van der Waals surface area contributed by atoms with Crippen molar-refractivity contribution in [3.8, 4) is 0 Å². The fourth-order valence-electron chi connectivity index (χ4n) is 4.46. The summed E-state index contributed by atoms with van der Waals surface area (Å²) in [6, 6.07) is 8.47. The first-order valence-electron chi connectivity index (χ1n) is 11.1. The molecule has 172 valence electrons. The van der Waals surface area contributed by atoms with Crippen molar-refractivity contribution in [3.63, 3.8) is 0 Å². The monoisotopic (exact) mass is 476 g/mol. The van der Waals surface area contributed by atoms with Crippen LogP contribution in [0, 0.1) is 6.92 Å². The fourth-order valence-corrected chi connectivity index (χ4v) is 6.43. The van der Waals surface area contributed by atoms with E-state index in [1.54, 1.807) is 45.7 Å². The molecule has 0 N–H and O–H groups in total. The molecular weight excluding hydrogens is 448 g/mol. The van der Waals surface area contributed by atoms with E-state index in [9.17, 15) is 13.2 Å². The van der Waals surface area contributed by atoms with Gasteiger partial charge in [-0.1, -0.05) is 24.1 Å². The zero-order valence-electron chi connectivity index (χ0n) is 18.5. The number of benzene rings is 1. The highest BCUT2D eigenvalue weighted by molar-refractivity contribution is 7.89. The molecule has 2 aliphatic rings. The number of amides is 1. The van der Waals surface area contributed by atoms with E-state index in [-0.39, 0.29) is 16.8 Å². The molecule has 1 amide bonds. The number of aryl methyl sites for hydroxylation is 1. The molecule has 4 rings (SSSR count). The molecule has 9 heteroatoms. The zero-order chi connectivity index (χ0) is 22.9. The highest BCUT2D eigenvalue weighted by Crippen LogP contribution is 2.28. The highest BCUT2D eigenvalue weighted by Gasteiger charge is 2.32. The molecule has 32 heavy (non-hydrogen) atoms. The van der Waals surface area contributed by atoms with Crippen LogP contribution in [0.3, 0.4) is 0 Å². The van der Waals surface area contributed by atoms with E-state index in [1.165, 1.54) is 0 Å².